The quantitative estimate of drug-likeness (QED) is 0.902. The number of amides is 2. The number of carbonyl (C=O) groups excluding carboxylic acids is 2. The Morgan fingerprint density at radius 1 is 1.44 bits per heavy atom. The number of nitrogens with one attached hydrogen (secondary N) is 1. The zero-order valence-electron chi connectivity index (χ0n) is 10.9. The van der Waals surface area contributed by atoms with E-state index in [1.54, 1.807) is 16.2 Å². The molecule has 1 unspecified atom stereocenters. The van der Waals surface area contributed by atoms with Crippen molar-refractivity contribution in [2.75, 3.05) is 6.54 Å². The van der Waals surface area contributed by atoms with Crippen LogP contribution in [0.15, 0.2) is 12.1 Å². The molecule has 1 aromatic heterocycles. The standard InChI is InChI=1S/C13H18N2O2S/c1-8(2)12-13(17)15(7-11(16)14-12)6-10-5-4-9(3)18-10/h4-5,8,12H,6-7H2,1-3H3,(H,14,16). The van der Waals surface area contributed by atoms with E-state index < -0.39 is 0 Å². The highest BCUT2D eigenvalue weighted by Gasteiger charge is 2.34. The van der Waals surface area contributed by atoms with E-state index in [2.05, 4.69) is 5.32 Å². The normalized spacial score (nSPS) is 20.4. The van der Waals surface area contributed by atoms with Gasteiger partial charge < -0.3 is 10.2 Å². The summed E-state index contributed by atoms with van der Waals surface area (Å²) in [6.07, 6.45) is 0. The molecule has 0 radical (unpaired) electrons. The monoisotopic (exact) mass is 266 g/mol. The van der Waals surface area contributed by atoms with E-state index >= 15 is 0 Å². The molecule has 1 N–H and O–H groups in total. The van der Waals surface area contributed by atoms with Crippen LogP contribution in [0.25, 0.3) is 0 Å². The van der Waals surface area contributed by atoms with Crippen LogP contribution in [0.3, 0.4) is 0 Å². The molecule has 5 heteroatoms. The van der Waals surface area contributed by atoms with Gasteiger partial charge in [-0.3, -0.25) is 9.59 Å². The van der Waals surface area contributed by atoms with E-state index in [1.807, 2.05) is 32.9 Å². The first-order chi connectivity index (χ1) is 8.47. The maximum atomic E-state index is 12.2. The Kier molecular flexibility index (Phi) is 3.71. The topological polar surface area (TPSA) is 49.4 Å². The molecule has 0 aliphatic carbocycles. The molecule has 18 heavy (non-hydrogen) atoms. The molecule has 0 bridgehead atoms. The minimum Gasteiger partial charge on any atom is -0.343 e. The summed E-state index contributed by atoms with van der Waals surface area (Å²) in [4.78, 5) is 27.9. The van der Waals surface area contributed by atoms with Crippen LogP contribution in [0, 0.1) is 12.8 Å². The van der Waals surface area contributed by atoms with Crippen molar-refractivity contribution in [3.8, 4) is 0 Å². The molecule has 2 rings (SSSR count). The van der Waals surface area contributed by atoms with Gasteiger partial charge in [0.25, 0.3) is 0 Å². The van der Waals surface area contributed by atoms with Crippen LogP contribution < -0.4 is 5.32 Å². The largest absolute Gasteiger partial charge is 0.343 e. The number of carbonyl (C=O) groups is 2. The third-order valence-electron chi connectivity index (χ3n) is 3.04. The van der Waals surface area contributed by atoms with Crippen LogP contribution in [0.1, 0.15) is 23.6 Å². The van der Waals surface area contributed by atoms with Gasteiger partial charge in [0.15, 0.2) is 0 Å². The Hall–Kier alpha value is -1.36. The number of hydrogen-bond donors (Lipinski definition) is 1. The molecule has 2 heterocycles. The molecule has 1 fully saturated rings. The van der Waals surface area contributed by atoms with Crippen LogP contribution in [0.4, 0.5) is 0 Å². The summed E-state index contributed by atoms with van der Waals surface area (Å²) in [5.41, 5.74) is 0. The Balaban J connectivity index is 2.11. The number of rotatable bonds is 3. The first-order valence-electron chi connectivity index (χ1n) is 6.11. The fraction of sp³-hybridized carbons (Fsp3) is 0.538. The zero-order valence-corrected chi connectivity index (χ0v) is 11.7. The highest BCUT2D eigenvalue weighted by molar-refractivity contribution is 7.11. The van der Waals surface area contributed by atoms with Crippen molar-refractivity contribution < 1.29 is 9.59 Å². The van der Waals surface area contributed by atoms with Crippen molar-refractivity contribution in [3.05, 3.63) is 21.9 Å². The molecule has 1 aromatic rings. The first kappa shape index (κ1) is 13.1. The number of hydrogen-bond acceptors (Lipinski definition) is 3. The summed E-state index contributed by atoms with van der Waals surface area (Å²) in [5, 5.41) is 2.76. The van der Waals surface area contributed by atoms with Gasteiger partial charge in [-0.1, -0.05) is 13.8 Å². The Bertz CT molecular complexity index is 467. The average molecular weight is 266 g/mol. The molecule has 1 atom stereocenters. The Morgan fingerprint density at radius 2 is 2.17 bits per heavy atom. The third-order valence-corrected chi connectivity index (χ3v) is 4.02. The van der Waals surface area contributed by atoms with E-state index in [0.717, 1.165) is 4.88 Å². The second kappa shape index (κ2) is 5.10. The van der Waals surface area contributed by atoms with Gasteiger partial charge in [-0.05, 0) is 25.0 Å². The molecule has 4 nitrogen and oxygen atoms in total. The van der Waals surface area contributed by atoms with Crippen molar-refractivity contribution in [1.82, 2.24) is 10.2 Å². The number of aryl methyl sites for hydroxylation is 1. The van der Waals surface area contributed by atoms with Gasteiger partial charge in [0.05, 0.1) is 13.1 Å². The molecule has 98 valence electrons. The minimum atomic E-state index is -0.382. The second-order valence-electron chi connectivity index (χ2n) is 5.00. The number of nitrogens with zero attached hydrogens (tertiary/aromatic N) is 1. The molecule has 1 aliphatic heterocycles. The molecule has 0 saturated carbocycles. The number of thiophene rings is 1. The summed E-state index contributed by atoms with van der Waals surface area (Å²) in [6.45, 7) is 6.63. The molecule has 2 amide bonds. The van der Waals surface area contributed by atoms with Crippen LogP contribution in [-0.2, 0) is 16.1 Å². The average Bonchev–Trinajstić information content (AvgIpc) is 2.68. The number of piperazine rings is 1. The van der Waals surface area contributed by atoms with Gasteiger partial charge in [-0.2, -0.15) is 0 Å². The fourth-order valence-electron chi connectivity index (χ4n) is 2.07. The van der Waals surface area contributed by atoms with E-state index in [-0.39, 0.29) is 30.3 Å². The molecule has 1 saturated heterocycles. The van der Waals surface area contributed by atoms with Crippen molar-refractivity contribution in [1.29, 1.82) is 0 Å². The summed E-state index contributed by atoms with van der Waals surface area (Å²) in [7, 11) is 0. The molecule has 1 aliphatic rings. The predicted molar refractivity (Wildman–Crippen MR) is 71.2 cm³/mol. The predicted octanol–water partition coefficient (Wildman–Crippen LogP) is 1.54. The van der Waals surface area contributed by atoms with E-state index in [9.17, 15) is 9.59 Å². The lowest BCUT2D eigenvalue weighted by Crippen LogP contribution is -2.59. The van der Waals surface area contributed by atoms with Crippen LogP contribution >= 0.6 is 11.3 Å². The maximum Gasteiger partial charge on any atom is 0.246 e. The van der Waals surface area contributed by atoms with Crippen molar-refractivity contribution in [3.63, 3.8) is 0 Å². The van der Waals surface area contributed by atoms with Crippen LogP contribution in [0.5, 0.6) is 0 Å². The highest BCUT2D eigenvalue weighted by atomic mass is 32.1. The SMILES string of the molecule is Cc1ccc(CN2CC(=O)NC(C(C)C)C2=O)s1. The van der Waals surface area contributed by atoms with Gasteiger partial charge in [0.1, 0.15) is 6.04 Å². The lowest BCUT2D eigenvalue weighted by atomic mass is 10.0. The van der Waals surface area contributed by atoms with Crippen LogP contribution in [0.2, 0.25) is 0 Å². The Morgan fingerprint density at radius 3 is 2.72 bits per heavy atom. The Labute approximate surface area is 111 Å². The molecule has 0 spiro atoms. The summed E-state index contributed by atoms with van der Waals surface area (Å²) in [5.74, 6) is 0.0755. The lowest BCUT2D eigenvalue weighted by Gasteiger charge is -2.34. The van der Waals surface area contributed by atoms with E-state index in [0.29, 0.717) is 6.54 Å². The van der Waals surface area contributed by atoms with Crippen molar-refractivity contribution >= 4 is 23.2 Å². The van der Waals surface area contributed by atoms with Gasteiger partial charge in [-0.25, -0.2) is 0 Å². The van der Waals surface area contributed by atoms with E-state index in [1.165, 1.54) is 4.88 Å². The summed E-state index contributed by atoms with van der Waals surface area (Å²) >= 11 is 1.67. The second-order valence-corrected chi connectivity index (χ2v) is 6.37. The van der Waals surface area contributed by atoms with Crippen LogP contribution in [-0.4, -0.2) is 29.3 Å². The fourth-order valence-corrected chi connectivity index (χ4v) is 2.98. The molecular formula is C13H18N2O2S. The summed E-state index contributed by atoms with van der Waals surface area (Å²) < 4.78 is 0. The molecule has 0 aromatic carbocycles. The van der Waals surface area contributed by atoms with Crippen molar-refractivity contribution in [2.45, 2.75) is 33.4 Å². The first-order valence-corrected chi connectivity index (χ1v) is 6.92. The highest BCUT2D eigenvalue weighted by Crippen LogP contribution is 2.19. The third kappa shape index (κ3) is 2.72. The lowest BCUT2D eigenvalue weighted by molar-refractivity contribution is -0.146. The van der Waals surface area contributed by atoms with Crippen molar-refractivity contribution in [2.24, 2.45) is 5.92 Å². The zero-order chi connectivity index (χ0) is 13.3. The van der Waals surface area contributed by atoms with Gasteiger partial charge >= 0.3 is 0 Å². The minimum absolute atomic E-state index is 0.0238. The van der Waals surface area contributed by atoms with Gasteiger partial charge in [-0.15, -0.1) is 11.3 Å². The smallest absolute Gasteiger partial charge is 0.246 e. The summed E-state index contributed by atoms with van der Waals surface area (Å²) in [6, 6.07) is 3.67. The maximum absolute atomic E-state index is 12.2. The van der Waals surface area contributed by atoms with Gasteiger partial charge in [0.2, 0.25) is 11.8 Å². The van der Waals surface area contributed by atoms with E-state index in [4.69, 9.17) is 0 Å². The van der Waals surface area contributed by atoms with Gasteiger partial charge in [0, 0.05) is 9.75 Å². The molecular weight excluding hydrogens is 248 g/mol.